The lowest BCUT2D eigenvalue weighted by Crippen LogP contribution is -2.42. The van der Waals surface area contributed by atoms with Gasteiger partial charge in [0.1, 0.15) is 0 Å². The molecule has 0 aromatic rings. The number of nitrogens with one attached hydrogen (secondary N) is 2. The first-order chi connectivity index (χ1) is 8.49. The lowest BCUT2D eigenvalue weighted by atomic mass is 9.87. The van der Waals surface area contributed by atoms with Gasteiger partial charge in [-0.2, -0.15) is 0 Å². The van der Waals surface area contributed by atoms with Gasteiger partial charge < -0.3 is 15.7 Å². The van der Waals surface area contributed by atoms with Gasteiger partial charge in [-0.15, -0.1) is 0 Å². The molecule has 1 saturated carbocycles. The first-order valence-corrected chi connectivity index (χ1v) is 7.17. The SMILES string of the molecule is CC(C)C(C)NC(=O)CNCC1CCC(O)CC1. The fourth-order valence-corrected chi connectivity index (χ4v) is 2.21. The fourth-order valence-electron chi connectivity index (χ4n) is 2.21. The van der Waals surface area contributed by atoms with Gasteiger partial charge in [0.2, 0.25) is 5.91 Å². The fraction of sp³-hybridized carbons (Fsp3) is 0.929. The molecule has 0 aromatic carbocycles. The van der Waals surface area contributed by atoms with Crippen molar-refractivity contribution in [3.05, 3.63) is 0 Å². The summed E-state index contributed by atoms with van der Waals surface area (Å²) in [7, 11) is 0. The van der Waals surface area contributed by atoms with E-state index in [4.69, 9.17) is 0 Å². The largest absolute Gasteiger partial charge is 0.393 e. The van der Waals surface area contributed by atoms with Gasteiger partial charge in [-0.3, -0.25) is 4.79 Å². The van der Waals surface area contributed by atoms with Gasteiger partial charge in [0.15, 0.2) is 0 Å². The van der Waals surface area contributed by atoms with Crippen LogP contribution in [0, 0.1) is 11.8 Å². The molecule has 1 fully saturated rings. The van der Waals surface area contributed by atoms with Crippen LogP contribution >= 0.6 is 0 Å². The van der Waals surface area contributed by atoms with Crippen molar-refractivity contribution in [3.8, 4) is 0 Å². The first kappa shape index (κ1) is 15.4. The van der Waals surface area contributed by atoms with Crippen molar-refractivity contribution in [2.24, 2.45) is 11.8 Å². The van der Waals surface area contributed by atoms with Crippen molar-refractivity contribution in [2.45, 2.75) is 58.6 Å². The molecule has 0 heterocycles. The molecule has 0 aliphatic heterocycles. The molecule has 0 aromatic heterocycles. The zero-order valence-electron chi connectivity index (χ0n) is 11.9. The van der Waals surface area contributed by atoms with E-state index in [1.54, 1.807) is 0 Å². The Morgan fingerprint density at radius 2 is 1.83 bits per heavy atom. The van der Waals surface area contributed by atoms with E-state index in [0.29, 0.717) is 18.4 Å². The lowest BCUT2D eigenvalue weighted by Gasteiger charge is -2.25. The van der Waals surface area contributed by atoms with Crippen LogP contribution in [-0.2, 0) is 4.79 Å². The molecule has 1 aliphatic carbocycles. The zero-order valence-corrected chi connectivity index (χ0v) is 11.9. The molecule has 106 valence electrons. The van der Waals surface area contributed by atoms with Crippen molar-refractivity contribution in [2.75, 3.05) is 13.1 Å². The van der Waals surface area contributed by atoms with E-state index < -0.39 is 0 Å². The average Bonchev–Trinajstić information content (AvgIpc) is 2.31. The Hall–Kier alpha value is -0.610. The van der Waals surface area contributed by atoms with Gasteiger partial charge in [0.05, 0.1) is 12.6 Å². The lowest BCUT2D eigenvalue weighted by molar-refractivity contribution is -0.121. The molecule has 18 heavy (non-hydrogen) atoms. The van der Waals surface area contributed by atoms with E-state index in [1.165, 1.54) is 0 Å². The smallest absolute Gasteiger partial charge is 0.234 e. The van der Waals surface area contributed by atoms with Crippen LogP contribution in [0.2, 0.25) is 0 Å². The highest BCUT2D eigenvalue weighted by molar-refractivity contribution is 5.78. The number of carbonyl (C=O) groups excluding carboxylic acids is 1. The molecule has 1 aliphatic rings. The number of hydrogen-bond donors (Lipinski definition) is 3. The Kier molecular flexibility index (Phi) is 6.65. The van der Waals surface area contributed by atoms with E-state index in [-0.39, 0.29) is 18.1 Å². The zero-order chi connectivity index (χ0) is 13.5. The monoisotopic (exact) mass is 256 g/mol. The Bertz CT molecular complexity index is 248. The average molecular weight is 256 g/mol. The molecule has 0 spiro atoms. The van der Waals surface area contributed by atoms with E-state index in [2.05, 4.69) is 24.5 Å². The maximum Gasteiger partial charge on any atom is 0.234 e. The van der Waals surface area contributed by atoms with Crippen LogP contribution in [-0.4, -0.2) is 36.2 Å². The number of carbonyl (C=O) groups is 1. The van der Waals surface area contributed by atoms with Crippen LogP contribution in [0.15, 0.2) is 0 Å². The Labute approximate surface area is 111 Å². The molecular weight excluding hydrogens is 228 g/mol. The summed E-state index contributed by atoms with van der Waals surface area (Å²) >= 11 is 0. The summed E-state index contributed by atoms with van der Waals surface area (Å²) in [6, 6.07) is 0.226. The van der Waals surface area contributed by atoms with Crippen molar-refractivity contribution in [1.82, 2.24) is 10.6 Å². The highest BCUT2D eigenvalue weighted by Crippen LogP contribution is 2.23. The molecule has 0 saturated heterocycles. The summed E-state index contributed by atoms with van der Waals surface area (Å²) in [5.41, 5.74) is 0. The van der Waals surface area contributed by atoms with Gasteiger partial charge in [0, 0.05) is 6.04 Å². The number of amides is 1. The number of rotatable bonds is 6. The van der Waals surface area contributed by atoms with Crippen molar-refractivity contribution < 1.29 is 9.90 Å². The summed E-state index contributed by atoms with van der Waals surface area (Å²) in [6.45, 7) is 7.52. The molecule has 1 unspecified atom stereocenters. The van der Waals surface area contributed by atoms with Gasteiger partial charge in [0.25, 0.3) is 0 Å². The van der Waals surface area contributed by atoms with Gasteiger partial charge in [-0.05, 0) is 51.0 Å². The summed E-state index contributed by atoms with van der Waals surface area (Å²) in [6.07, 6.45) is 3.85. The minimum absolute atomic E-state index is 0.0760. The van der Waals surface area contributed by atoms with Crippen molar-refractivity contribution in [3.63, 3.8) is 0 Å². The molecule has 4 heteroatoms. The third kappa shape index (κ3) is 5.83. The van der Waals surface area contributed by atoms with E-state index in [0.717, 1.165) is 32.2 Å². The summed E-state index contributed by atoms with van der Waals surface area (Å²) in [5, 5.41) is 15.6. The third-order valence-electron chi connectivity index (χ3n) is 3.92. The van der Waals surface area contributed by atoms with Gasteiger partial charge in [-0.1, -0.05) is 13.8 Å². The third-order valence-corrected chi connectivity index (χ3v) is 3.92. The second kappa shape index (κ2) is 7.74. The highest BCUT2D eigenvalue weighted by Gasteiger charge is 2.19. The minimum atomic E-state index is -0.101. The maximum atomic E-state index is 11.6. The second-order valence-corrected chi connectivity index (χ2v) is 5.91. The Morgan fingerprint density at radius 1 is 1.22 bits per heavy atom. The summed E-state index contributed by atoms with van der Waals surface area (Å²) in [4.78, 5) is 11.6. The molecular formula is C14H28N2O2. The molecule has 1 rings (SSSR count). The van der Waals surface area contributed by atoms with Crippen LogP contribution in [0.5, 0.6) is 0 Å². The number of hydrogen-bond acceptors (Lipinski definition) is 3. The minimum Gasteiger partial charge on any atom is -0.393 e. The van der Waals surface area contributed by atoms with E-state index in [9.17, 15) is 9.90 Å². The maximum absolute atomic E-state index is 11.6. The quantitative estimate of drug-likeness (QED) is 0.671. The molecule has 1 atom stereocenters. The molecule has 0 radical (unpaired) electrons. The first-order valence-electron chi connectivity index (χ1n) is 7.17. The molecule has 0 bridgehead atoms. The van der Waals surface area contributed by atoms with Crippen LogP contribution in [0.1, 0.15) is 46.5 Å². The van der Waals surface area contributed by atoms with E-state index >= 15 is 0 Å². The van der Waals surface area contributed by atoms with Crippen LogP contribution in [0.4, 0.5) is 0 Å². The predicted octanol–water partition coefficient (Wildman–Crippen LogP) is 1.29. The number of aliphatic hydroxyl groups excluding tert-OH is 1. The van der Waals surface area contributed by atoms with Crippen molar-refractivity contribution in [1.29, 1.82) is 0 Å². The van der Waals surface area contributed by atoms with Crippen LogP contribution < -0.4 is 10.6 Å². The summed E-state index contributed by atoms with van der Waals surface area (Å²) in [5.74, 6) is 1.16. The summed E-state index contributed by atoms with van der Waals surface area (Å²) < 4.78 is 0. The van der Waals surface area contributed by atoms with Crippen LogP contribution in [0.25, 0.3) is 0 Å². The van der Waals surface area contributed by atoms with Crippen molar-refractivity contribution >= 4 is 5.91 Å². The Balaban J connectivity index is 2.08. The molecule has 3 N–H and O–H groups in total. The van der Waals surface area contributed by atoms with Gasteiger partial charge in [-0.25, -0.2) is 0 Å². The Morgan fingerprint density at radius 3 is 2.39 bits per heavy atom. The van der Waals surface area contributed by atoms with E-state index in [1.807, 2.05) is 6.92 Å². The number of aliphatic hydroxyl groups is 1. The highest BCUT2D eigenvalue weighted by atomic mass is 16.3. The molecule has 1 amide bonds. The standard InChI is InChI=1S/C14H28N2O2/c1-10(2)11(3)16-14(18)9-15-8-12-4-6-13(17)7-5-12/h10-13,15,17H,4-9H2,1-3H3,(H,16,18). The topological polar surface area (TPSA) is 61.4 Å². The second-order valence-electron chi connectivity index (χ2n) is 5.91. The van der Waals surface area contributed by atoms with Gasteiger partial charge >= 0.3 is 0 Å². The molecule has 4 nitrogen and oxygen atoms in total. The predicted molar refractivity (Wildman–Crippen MR) is 73.3 cm³/mol. The normalized spacial score (nSPS) is 26.1. The van der Waals surface area contributed by atoms with Crippen LogP contribution in [0.3, 0.4) is 0 Å².